The number of aromatic nitrogens is 2. The molecule has 1 amide bonds. The molecule has 2 aliphatic heterocycles. The molecule has 3 atom stereocenters. The standard InChI is InChI=1S/C26H32N6O2S/c1-14-10-15(2)29-25-21(14)22(27)23(35-25)24(33)30-17-5-6-18-16(11-17)4-7-20(31-18)32-12-19-26(13-32,34-3)8-9-28-19/h4,7,10,17,19,28H,5-6,8-9,11-13,27H2,1-3H3,(H,30,33). The van der Waals surface area contributed by atoms with Gasteiger partial charge in [-0.25, -0.2) is 9.97 Å². The summed E-state index contributed by atoms with van der Waals surface area (Å²) in [6.45, 7) is 6.78. The quantitative estimate of drug-likeness (QED) is 0.514. The molecule has 0 spiro atoms. The van der Waals surface area contributed by atoms with Crippen LogP contribution in [0.1, 0.15) is 45.0 Å². The number of methoxy groups -OCH3 is 1. The summed E-state index contributed by atoms with van der Waals surface area (Å²) in [6.07, 6.45) is 3.53. The molecule has 8 nitrogen and oxygen atoms in total. The minimum absolute atomic E-state index is 0.0650. The molecular formula is C26H32N6O2S. The second kappa shape index (κ2) is 8.43. The highest BCUT2D eigenvalue weighted by molar-refractivity contribution is 7.21. The maximum absolute atomic E-state index is 13.1. The Labute approximate surface area is 209 Å². The van der Waals surface area contributed by atoms with Gasteiger partial charge in [-0.2, -0.15) is 0 Å². The lowest BCUT2D eigenvalue weighted by atomic mass is 9.91. The van der Waals surface area contributed by atoms with Gasteiger partial charge < -0.3 is 26.0 Å². The predicted octanol–water partition coefficient (Wildman–Crippen LogP) is 2.74. The van der Waals surface area contributed by atoms with E-state index in [9.17, 15) is 4.79 Å². The van der Waals surface area contributed by atoms with Crippen molar-refractivity contribution < 1.29 is 9.53 Å². The number of ether oxygens (including phenoxy) is 1. The molecule has 0 radical (unpaired) electrons. The number of aryl methyl sites for hydroxylation is 3. The van der Waals surface area contributed by atoms with Gasteiger partial charge >= 0.3 is 0 Å². The number of amides is 1. The highest BCUT2D eigenvalue weighted by Crippen LogP contribution is 2.37. The fraction of sp³-hybridized carbons (Fsp3) is 0.500. The van der Waals surface area contributed by atoms with Gasteiger partial charge in [-0.05, 0) is 69.3 Å². The number of thiophene rings is 1. The van der Waals surface area contributed by atoms with Gasteiger partial charge in [0, 0.05) is 36.5 Å². The first kappa shape index (κ1) is 22.7. The lowest BCUT2D eigenvalue weighted by Crippen LogP contribution is -2.42. The van der Waals surface area contributed by atoms with Crippen molar-refractivity contribution in [2.75, 3.05) is 37.4 Å². The van der Waals surface area contributed by atoms with Crippen LogP contribution in [0.4, 0.5) is 11.5 Å². The highest BCUT2D eigenvalue weighted by atomic mass is 32.1. The first-order valence-corrected chi connectivity index (χ1v) is 13.2. The second-order valence-corrected chi connectivity index (χ2v) is 11.2. The monoisotopic (exact) mass is 492 g/mol. The molecule has 3 unspecified atom stereocenters. The highest BCUT2D eigenvalue weighted by Gasteiger charge is 2.50. The smallest absolute Gasteiger partial charge is 0.263 e. The second-order valence-electron chi connectivity index (χ2n) is 10.2. The molecule has 0 saturated carbocycles. The maximum atomic E-state index is 13.1. The lowest BCUT2D eigenvalue weighted by Gasteiger charge is -2.28. The Bertz CT molecular complexity index is 1320. The molecule has 6 rings (SSSR count). The Kier molecular flexibility index (Phi) is 5.47. The zero-order valence-corrected chi connectivity index (χ0v) is 21.3. The Morgan fingerprint density at radius 1 is 1.34 bits per heavy atom. The number of nitrogens with zero attached hydrogens (tertiary/aromatic N) is 3. The number of nitrogen functional groups attached to an aromatic ring is 1. The summed E-state index contributed by atoms with van der Waals surface area (Å²) in [5, 5.41) is 7.70. The van der Waals surface area contributed by atoms with Gasteiger partial charge in [0.2, 0.25) is 0 Å². The Morgan fingerprint density at radius 2 is 2.20 bits per heavy atom. The summed E-state index contributed by atoms with van der Waals surface area (Å²) in [7, 11) is 1.82. The van der Waals surface area contributed by atoms with Crippen LogP contribution in [-0.2, 0) is 17.6 Å². The summed E-state index contributed by atoms with van der Waals surface area (Å²) in [4.78, 5) is 26.5. The van der Waals surface area contributed by atoms with Crippen LogP contribution in [0.25, 0.3) is 10.2 Å². The minimum Gasteiger partial charge on any atom is -0.397 e. The summed E-state index contributed by atoms with van der Waals surface area (Å²) >= 11 is 1.38. The van der Waals surface area contributed by atoms with Gasteiger partial charge in [0.1, 0.15) is 21.1 Å². The molecule has 5 heterocycles. The topological polar surface area (TPSA) is 105 Å². The normalized spacial score (nSPS) is 25.6. The van der Waals surface area contributed by atoms with Crippen LogP contribution in [0, 0.1) is 13.8 Å². The third-order valence-corrected chi connectivity index (χ3v) is 9.08. The van der Waals surface area contributed by atoms with E-state index in [1.54, 1.807) is 0 Å². The van der Waals surface area contributed by atoms with Crippen molar-refractivity contribution >= 4 is 39.0 Å². The van der Waals surface area contributed by atoms with E-state index in [4.69, 9.17) is 15.5 Å². The van der Waals surface area contributed by atoms with E-state index < -0.39 is 0 Å². The van der Waals surface area contributed by atoms with Crippen LogP contribution in [0.3, 0.4) is 0 Å². The van der Waals surface area contributed by atoms with Gasteiger partial charge in [0.05, 0.1) is 18.3 Å². The van der Waals surface area contributed by atoms with E-state index >= 15 is 0 Å². The average molecular weight is 493 g/mol. The fourth-order valence-corrected chi connectivity index (χ4v) is 7.24. The predicted molar refractivity (Wildman–Crippen MR) is 139 cm³/mol. The number of carbonyl (C=O) groups is 1. The molecule has 184 valence electrons. The lowest BCUT2D eigenvalue weighted by molar-refractivity contribution is 0.00766. The SMILES string of the molecule is COC12CCNC1CN(c1ccc3c(n1)CCC(NC(=O)c1sc4nc(C)cc(C)c4c1N)C3)C2. The van der Waals surface area contributed by atoms with Crippen molar-refractivity contribution in [1.29, 1.82) is 0 Å². The van der Waals surface area contributed by atoms with Gasteiger partial charge in [0.15, 0.2) is 0 Å². The number of rotatable bonds is 4. The van der Waals surface area contributed by atoms with E-state index in [2.05, 4.69) is 32.7 Å². The zero-order chi connectivity index (χ0) is 24.3. The molecule has 0 aromatic carbocycles. The zero-order valence-electron chi connectivity index (χ0n) is 20.5. The summed E-state index contributed by atoms with van der Waals surface area (Å²) in [5.41, 5.74) is 11.2. The number of pyridine rings is 2. The molecule has 3 aromatic rings. The molecule has 3 aliphatic rings. The van der Waals surface area contributed by atoms with Crippen molar-refractivity contribution in [1.82, 2.24) is 20.6 Å². The van der Waals surface area contributed by atoms with Crippen molar-refractivity contribution in [2.24, 2.45) is 0 Å². The fourth-order valence-electron chi connectivity index (χ4n) is 6.12. The molecule has 2 saturated heterocycles. The maximum Gasteiger partial charge on any atom is 0.263 e. The molecule has 3 aromatic heterocycles. The minimum atomic E-state index is -0.110. The third kappa shape index (κ3) is 3.77. The van der Waals surface area contributed by atoms with Crippen LogP contribution in [0.2, 0.25) is 0 Å². The van der Waals surface area contributed by atoms with E-state index in [1.807, 2.05) is 27.0 Å². The third-order valence-electron chi connectivity index (χ3n) is 7.98. The van der Waals surface area contributed by atoms with Crippen LogP contribution in [-0.4, -0.2) is 60.3 Å². The van der Waals surface area contributed by atoms with Crippen molar-refractivity contribution in [2.45, 2.75) is 57.2 Å². The number of fused-ring (bicyclic) bond motifs is 3. The molecule has 2 fully saturated rings. The van der Waals surface area contributed by atoms with Crippen molar-refractivity contribution in [3.63, 3.8) is 0 Å². The summed E-state index contributed by atoms with van der Waals surface area (Å²) < 4.78 is 5.93. The van der Waals surface area contributed by atoms with Crippen LogP contribution in [0.5, 0.6) is 0 Å². The van der Waals surface area contributed by atoms with Crippen LogP contribution >= 0.6 is 11.3 Å². The number of hydrogen-bond acceptors (Lipinski definition) is 8. The van der Waals surface area contributed by atoms with Crippen molar-refractivity contribution in [3.8, 4) is 0 Å². The molecule has 9 heteroatoms. The largest absolute Gasteiger partial charge is 0.397 e. The van der Waals surface area contributed by atoms with Crippen LogP contribution < -0.4 is 21.3 Å². The number of nitrogens with two attached hydrogens (primary N) is 1. The number of hydrogen-bond donors (Lipinski definition) is 3. The van der Waals surface area contributed by atoms with Gasteiger partial charge in [-0.15, -0.1) is 11.3 Å². The van der Waals surface area contributed by atoms with Gasteiger partial charge in [-0.1, -0.05) is 6.07 Å². The Balaban J connectivity index is 1.16. The first-order valence-electron chi connectivity index (χ1n) is 12.4. The van der Waals surface area contributed by atoms with E-state index in [0.29, 0.717) is 16.6 Å². The van der Waals surface area contributed by atoms with Crippen LogP contribution in [0.15, 0.2) is 18.2 Å². The molecule has 35 heavy (non-hydrogen) atoms. The van der Waals surface area contributed by atoms with E-state index in [0.717, 1.165) is 78.3 Å². The van der Waals surface area contributed by atoms with Crippen molar-refractivity contribution in [3.05, 3.63) is 45.6 Å². The summed E-state index contributed by atoms with van der Waals surface area (Å²) in [5.74, 6) is 0.914. The average Bonchev–Trinajstić information content (AvgIpc) is 3.49. The number of nitrogens with one attached hydrogen (secondary N) is 2. The first-order chi connectivity index (χ1) is 16.9. The number of anilines is 2. The van der Waals surface area contributed by atoms with E-state index in [-0.39, 0.29) is 17.6 Å². The Morgan fingerprint density at radius 3 is 3.00 bits per heavy atom. The molecule has 0 bridgehead atoms. The number of carbonyl (C=O) groups excluding carboxylic acids is 1. The summed E-state index contributed by atoms with van der Waals surface area (Å²) in [6, 6.07) is 6.73. The van der Waals surface area contributed by atoms with Gasteiger partial charge in [-0.3, -0.25) is 4.79 Å². The molecular weight excluding hydrogens is 460 g/mol. The van der Waals surface area contributed by atoms with E-state index in [1.165, 1.54) is 16.9 Å². The molecule has 1 aliphatic carbocycles. The molecule has 4 N–H and O–H groups in total. The van der Waals surface area contributed by atoms with Gasteiger partial charge in [0.25, 0.3) is 5.91 Å². The Hall–Kier alpha value is -2.75.